The van der Waals surface area contributed by atoms with Gasteiger partial charge in [0.05, 0.1) is 0 Å². The predicted molar refractivity (Wildman–Crippen MR) is 69.5 cm³/mol. The standard InChI is InChI=1S/C14H30O2/c1-3-5-7-9-10-12-14(15)16-13-11-8-6-4-2/h14-15H,3-13H2,1-2H3. The summed E-state index contributed by atoms with van der Waals surface area (Å²) in [5.41, 5.74) is 0. The van der Waals surface area contributed by atoms with E-state index < -0.39 is 6.29 Å². The summed E-state index contributed by atoms with van der Waals surface area (Å²) in [4.78, 5) is 0. The maximum atomic E-state index is 9.54. The Bertz CT molecular complexity index is 112. The molecule has 0 spiro atoms. The quantitative estimate of drug-likeness (QED) is 0.401. The molecule has 0 saturated heterocycles. The molecule has 0 rings (SSSR count). The molecule has 0 radical (unpaired) electrons. The molecular weight excluding hydrogens is 200 g/mol. The van der Waals surface area contributed by atoms with E-state index in [9.17, 15) is 5.11 Å². The third kappa shape index (κ3) is 12.0. The van der Waals surface area contributed by atoms with E-state index in [4.69, 9.17) is 4.74 Å². The van der Waals surface area contributed by atoms with Crippen molar-refractivity contribution >= 4 is 0 Å². The third-order valence-corrected chi connectivity index (χ3v) is 2.86. The molecule has 0 fully saturated rings. The second-order valence-corrected chi connectivity index (χ2v) is 4.59. The van der Waals surface area contributed by atoms with Crippen molar-refractivity contribution in [1.82, 2.24) is 0 Å². The van der Waals surface area contributed by atoms with Gasteiger partial charge in [-0.1, -0.05) is 58.8 Å². The van der Waals surface area contributed by atoms with Gasteiger partial charge in [-0.15, -0.1) is 0 Å². The lowest BCUT2D eigenvalue weighted by molar-refractivity contribution is -0.105. The first-order chi connectivity index (χ1) is 7.81. The normalized spacial score (nSPS) is 12.9. The highest BCUT2D eigenvalue weighted by Crippen LogP contribution is 2.08. The van der Waals surface area contributed by atoms with Crippen LogP contribution >= 0.6 is 0 Å². The molecule has 0 aromatic carbocycles. The maximum absolute atomic E-state index is 9.54. The zero-order valence-electron chi connectivity index (χ0n) is 11.2. The number of hydrogen-bond acceptors (Lipinski definition) is 2. The maximum Gasteiger partial charge on any atom is 0.154 e. The number of aliphatic hydroxyl groups excluding tert-OH is 1. The van der Waals surface area contributed by atoms with Gasteiger partial charge in [-0.3, -0.25) is 0 Å². The van der Waals surface area contributed by atoms with Crippen LogP contribution in [0.15, 0.2) is 0 Å². The van der Waals surface area contributed by atoms with Gasteiger partial charge in [-0.05, 0) is 19.3 Å². The lowest BCUT2D eigenvalue weighted by Gasteiger charge is -2.11. The minimum absolute atomic E-state index is 0.525. The molecule has 2 heteroatoms. The first-order valence-corrected chi connectivity index (χ1v) is 7.11. The highest BCUT2D eigenvalue weighted by atomic mass is 16.6. The zero-order chi connectivity index (χ0) is 12.1. The topological polar surface area (TPSA) is 29.5 Å². The Hall–Kier alpha value is -0.0800. The lowest BCUT2D eigenvalue weighted by atomic mass is 10.1. The highest BCUT2D eigenvalue weighted by molar-refractivity contribution is 4.47. The molecule has 1 atom stereocenters. The van der Waals surface area contributed by atoms with Crippen LogP contribution in [0.5, 0.6) is 0 Å². The summed E-state index contributed by atoms with van der Waals surface area (Å²) in [5.74, 6) is 0. The molecule has 2 nitrogen and oxygen atoms in total. The average Bonchev–Trinajstić information content (AvgIpc) is 2.28. The Labute approximate surface area is 101 Å². The number of unbranched alkanes of at least 4 members (excludes halogenated alkanes) is 7. The Morgan fingerprint density at radius 3 is 2.00 bits per heavy atom. The first-order valence-electron chi connectivity index (χ1n) is 7.11. The van der Waals surface area contributed by atoms with Crippen LogP contribution in [0.2, 0.25) is 0 Å². The van der Waals surface area contributed by atoms with E-state index >= 15 is 0 Å². The van der Waals surface area contributed by atoms with Gasteiger partial charge in [0.15, 0.2) is 6.29 Å². The van der Waals surface area contributed by atoms with Crippen LogP contribution in [-0.4, -0.2) is 18.0 Å². The molecule has 0 bridgehead atoms. The predicted octanol–water partition coefficient (Wildman–Crippen LogP) is 4.26. The van der Waals surface area contributed by atoms with Crippen LogP contribution in [0.4, 0.5) is 0 Å². The molecule has 0 aliphatic rings. The Morgan fingerprint density at radius 1 is 0.812 bits per heavy atom. The fraction of sp³-hybridized carbons (Fsp3) is 1.00. The molecule has 0 aliphatic heterocycles. The molecule has 1 N–H and O–H groups in total. The van der Waals surface area contributed by atoms with Gasteiger partial charge in [0.2, 0.25) is 0 Å². The van der Waals surface area contributed by atoms with Crippen LogP contribution < -0.4 is 0 Å². The molecule has 98 valence electrons. The first kappa shape index (κ1) is 15.9. The monoisotopic (exact) mass is 230 g/mol. The Morgan fingerprint density at radius 2 is 1.38 bits per heavy atom. The highest BCUT2D eigenvalue weighted by Gasteiger charge is 2.02. The minimum atomic E-state index is -0.525. The summed E-state index contributed by atoms with van der Waals surface area (Å²) in [5, 5.41) is 9.54. The van der Waals surface area contributed by atoms with Crippen molar-refractivity contribution in [1.29, 1.82) is 0 Å². The number of aliphatic hydroxyl groups is 1. The van der Waals surface area contributed by atoms with Crippen LogP contribution in [0, 0.1) is 0 Å². The van der Waals surface area contributed by atoms with Crippen molar-refractivity contribution in [3.8, 4) is 0 Å². The summed E-state index contributed by atoms with van der Waals surface area (Å²) in [6.45, 7) is 5.14. The molecule has 0 amide bonds. The van der Waals surface area contributed by atoms with Crippen LogP contribution in [0.3, 0.4) is 0 Å². The van der Waals surface area contributed by atoms with Gasteiger partial charge in [-0.2, -0.15) is 0 Å². The van der Waals surface area contributed by atoms with E-state index in [2.05, 4.69) is 13.8 Å². The Balaban J connectivity index is 3.09. The summed E-state index contributed by atoms with van der Waals surface area (Å²) in [7, 11) is 0. The lowest BCUT2D eigenvalue weighted by Crippen LogP contribution is -2.12. The van der Waals surface area contributed by atoms with E-state index in [1.165, 1.54) is 44.9 Å². The van der Waals surface area contributed by atoms with Crippen molar-refractivity contribution in [2.45, 2.75) is 84.3 Å². The second-order valence-electron chi connectivity index (χ2n) is 4.59. The third-order valence-electron chi connectivity index (χ3n) is 2.86. The van der Waals surface area contributed by atoms with Crippen LogP contribution in [0.25, 0.3) is 0 Å². The van der Waals surface area contributed by atoms with E-state index in [0.717, 1.165) is 25.9 Å². The molecular formula is C14H30O2. The molecule has 16 heavy (non-hydrogen) atoms. The Kier molecular flexibility index (Phi) is 12.9. The smallest absolute Gasteiger partial charge is 0.154 e. The molecule has 0 aromatic heterocycles. The van der Waals surface area contributed by atoms with Gasteiger partial charge in [0.25, 0.3) is 0 Å². The van der Waals surface area contributed by atoms with Crippen LogP contribution in [0.1, 0.15) is 78.1 Å². The van der Waals surface area contributed by atoms with E-state index in [-0.39, 0.29) is 0 Å². The largest absolute Gasteiger partial charge is 0.368 e. The fourth-order valence-electron chi connectivity index (χ4n) is 1.75. The van der Waals surface area contributed by atoms with Gasteiger partial charge >= 0.3 is 0 Å². The average molecular weight is 230 g/mol. The zero-order valence-corrected chi connectivity index (χ0v) is 11.2. The summed E-state index contributed by atoms with van der Waals surface area (Å²) < 4.78 is 5.35. The van der Waals surface area contributed by atoms with Crippen molar-refractivity contribution < 1.29 is 9.84 Å². The van der Waals surface area contributed by atoms with E-state index in [1.54, 1.807) is 0 Å². The number of ether oxygens (including phenoxy) is 1. The fourth-order valence-corrected chi connectivity index (χ4v) is 1.75. The van der Waals surface area contributed by atoms with Gasteiger partial charge in [-0.25, -0.2) is 0 Å². The van der Waals surface area contributed by atoms with Crippen molar-refractivity contribution in [2.75, 3.05) is 6.61 Å². The van der Waals surface area contributed by atoms with Crippen molar-refractivity contribution in [3.63, 3.8) is 0 Å². The van der Waals surface area contributed by atoms with Gasteiger partial charge in [0.1, 0.15) is 0 Å². The second kappa shape index (κ2) is 13.0. The van der Waals surface area contributed by atoms with E-state index in [0.29, 0.717) is 0 Å². The molecule has 0 saturated carbocycles. The SMILES string of the molecule is CCCCCCCC(O)OCCCCCC. The van der Waals surface area contributed by atoms with Gasteiger partial charge in [0, 0.05) is 6.61 Å². The summed E-state index contributed by atoms with van der Waals surface area (Å²) in [6.07, 6.45) is 11.3. The molecule has 0 heterocycles. The number of hydrogen-bond donors (Lipinski definition) is 1. The van der Waals surface area contributed by atoms with Crippen LogP contribution in [-0.2, 0) is 4.74 Å². The molecule has 1 unspecified atom stereocenters. The molecule has 0 aliphatic carbocycles. The minimum Gasteiger partial charge on any atom is -0.368 e. The van der Waals surface area contributed by atoms with Gasteiger partial charge < -0.3 is 9.84 Å². The summed E-state index contributed by atoms with van der Waals surface area (Å²) in [6, 6.07) is 0. The van der Waals surface area contributed by atoms with Crippen molar-refractivity contribution in [3.05, 3.63) is 0 Å². The summed E-state index contributed by atoms with van der Waals surface area (Å²) >= 11 is 0. The van der Waals surface area contributed by atoms with E-state index in [1.807, 2.05) is 0 Å². The van der Waals surface area contributed by atoms with Crippen molar-refractivity contribution in [2.24, 2.45) is 0 Å². The number of rotatable bonds is 12. The molecule has 0 aromatic rings.